The van der Waals surface area contributed by atoms with Crippen LogP contribution in [-0.2, 0) is 9.36 Å². The third-order valence-corrected chi connectivity index (χ3v) is 20.7. The number of benzene rings is 2. The molecule has 6 aliphatic carbocycles. The fourth-order valence-electron chi connectivity index (χ4n) is 13.5. The average Bonchev–Trinajstić information content (AvgIpc) is 3.78. The van der Waals surface area contributed by atoms with E-state index in [2.05, 4.69) is 108 Å². The van der Waals surface area contributed by atoms with Gasteiger partial charge in [0, 0.05) is 29.1 Å². The number of carbonyl (C=O) groups excluding carboxylic acids is 1. The third kappa shape index (κ3) is 10.2. The van der Waals surface area contributed by atoms with Crippen LogP contribution < -0.4 is 10.6 Å². The van der Waals surface area contributed by atoms with Crippen LogP contribution in [0, 0.1) is 45.8 Å². The lowest BCUT2D eigenvalue weighted by molar-refractivity contribution is -0.127. The van der Waals surface area contributed by atoms with Crippen molar-refractivity contribution in [1.82, 2.24) is 0 Å². The van der Waals surface area contributed by atoms with Crippen molar-refractivity contribution in [3.05, 3.63) is 142 Å². The Morgan fingerprint density at radius 2 is 1.12 bits per heavy atom. The van der Waals surface area contributed by atoms with E-state index in [0.717, 1.165) is 49.1 Å². The highest BCUT2D eigenvalue weighted by atomic mass is 31.2. The molecule has 6 aliphatic rings. The van der Waals surface area contributed by atoms with E-state index in [4.69, 9.17) is 0 Å². The third-order valence-electron chi connectivity index (χ3n) is 17.8. The van der Waals surface area contributed by atoms with E-state index in [-0.39, 0.29) is 5.41 Å². The van der Waals surface area contributed by atoms with Gasteiger partial charge in [-0.15, -0.1) is 0 Å². The number of Topliss-reactive ketones (excluding diaryl/α,β-unsaturated/α-hetero) is 1. The van der Waals surface area contributed by atoms with Crippen LogP contribution in [0.5, 0.6) is 0 Å². The summed E-state index contributed by atoms with van der Waals surface area (Å²) in [5.41, 5.74) is 14.9. The molecule has 346 valence electrons. The minimum Gasteiger partial charge on any atom is -0.313 e. The predicted molar refractivity (Wildman–Crippen MR) is 278 cm³/mol. The fraction of sp³-hybridized carbons (Fsp3) is 0.557. The van der Waals surface area contributed by atoms with E-state index in [0.29, 0.717) is 52.4 Å². The molecule has 0 aromatic heterocycles. The molecular formula is C61H85O2P. The largest absolute Gasteiger partial charge is 0.313 e. The fourth-order valence-corrected chi connectivity index (χ4v) is 16.0. The van der Waals surface area contributed by atoms with Gasteiger partial charge in [-0.05, 0) is 151 Å². The van der Waals surface area contributed by atoms with Crippen molar-refractivity contribution in [3.63, 3.8) is 0 Å². The maximum atomic E-state index is 14.0. The molecule has 8 rings (SSSR count). The summed E-state index contributed by atoms with van der Waals surface area (Å²) in [5, 5.41) is 1.89. The molecule has 2 aromatic rings. The zero-order valence-electron chi connectivity index (χ0n) is 42.2. The molecule has 6 fully saturated rings. The van der Waals surface area contributed by atoms with Crippen LogP contribution in [0.1, 0.15) is 166 Å². The first-order chi connectivity index (χ1) is 30.2. The molecule has 2 aromatic carbocycles. The zero-order valence-corrected chi connectivity index (χ0v) is 43.1. The Balaban J connectivity index is 0.000000166. The molecule has 0 bridgehead atoms. The summed E-state index contributed by atoms with van der Waals surface area (Å²) in [6.07, 6.45) is 24.5. The highest BCUT2D eigenvalue weighted by Gasteiger charge is 2.54. The summed E-state index contributed by atoms with van der Waals surface area (Å²) in [5.74, 6) is 3.19. The van der Waals surface area contributed by atoms with Gasteiger partial charge in [0.15, 0.2) is 0 Å². The second-order valence-electron chi connectivity index (χ2n) is 22.3. The van der Waals surface area contributed by atoms with Crippen molar-refractivity contribution in [1.29, 1.82) is 0 Å². The Hall–Kier alpha value is -3.48. The lowest BCUT2D eigenvalue weighted by Gasteiger charge is -2.48. The molecule has 2 nitrogen and oxygen atoms in total. The SMILES string of the molecule is C=C1[C@H](C)CC(=C/C=C2\CCC[C@]3(C)C(=C(C)C)CC[C@@]23C)C[C@H]1C.C=C1[C@H](C)CC(=CCP(=O)(c2ccccc2)c2ccccc2)C[C@H]1C.CC(C)=C1CC[C@H]2C(=O)CCC[C@]12C. The van der Waals surface area contributed by atoms with Crippen molar-refractivity contribution >= 4 is 23.5 Å². The smallest absolute Gasteiger partial charge is 0.146 e. The lowest BCUT2D eigenvalue weighted by atomic mass is 9.56. The van der Waals surface area contributed by atoms with E-state index < -0.39 is 7.14 Å². The number of fused-ring (bicyclic) bond motifs is 2. The highest BCUT2D eigenvalue weighted by molar-refractivity contribution is 7.78. The van der Waals surface area contributed by atoms with Crippen molar-refractivity contribution in [2.75, 3.05) is 6.16 Å². The lowest BCUT2D eigenvalue weighted by Crippen LogP contribution is -2.38. The Labute approximate surface area is 391 Å². The second-order valence-corrected chi connectivity index (χ2v) is 25.2. The van der Waals surface area contributed by atoms with Crippen LogP contribution in [0.4, 0.5) is 0 Å². The maximum Gasteiger partial charge on any atom is 0.146 e. The number of hydrogen-bond donors (Lipinski definition) is 0. The summed E-state index contributed by atoms with van der Waals surface area (Å²) >= 11 is 0. The standard InChI is InChI=1S/C25H38.C23H27OP.C13H20O/c1-17(2)23-12-14-24(6)22(9-8-13-25(23,24)7)11-10-21-15-18(3)20(5)19(4)16-21;1-18-16-21(17-19(2)20(18)3)14-15-25(24,22-10-6-4-7-11-22)23-12-8-5-9-13-23;1-9(2)10-6-7-11-12(14)5-4-8-13(10,11)3/h10-11,18-19H,5,8-9,12-16H2,1-4,6-7H3;4-14,18-19H,3,15-17H2,1-2H3;11H,4-8H2,1-3H3/b22-11+;;/t18-,19-,24+,25-;18-,19-;11-,13+/m110/s1. The molecule has 0 unspecified atom stereocenters. The van der Waals surface area contributed by atoms with Gasteiger partial charge in [0.05, 0.1) is 0 Å². The molecule has 0 N–H and O–H groups in total. The molecule has 3 heteroatoms. The molecule has 0 aliphatic heterocycles. The van der Waals surface area contributed by atoms with Gasteiger partial charge in [-0.3, -0.25) is 4.79 Å². The molecular weight excluding hydrogens is 796 g/mol. The molecule has 6 saturated carbocycles. The summed E-state index contributed by atoms with van der Waals surface area (Å²) in [6, 6.07) is 19.9. The van der Waals surface area contributed by atoms with Crippen LogP contribution in [0.15, 0.2) is 142 Å². The summed E-state index contributed by atoms with van der Waals surface area (Å²) < 4.78 is 14.0. The van der Waals surface area contributed by atoms with E-state index in [9.17, 15) is 9.36 Å². The van der Waals surface area contributed by atoms with E-state index >= 15 is 0 Å². The second kappa shape index (κ2) is 20.6. The normalized spacial score (nSPS) is 32.2. The van der Waals surface area contributed by atoms with Gasteiger partial charge < -0.3 is 4.57 Å². The molecule has 8 atom stereocenters. The monoisotopic (exact) mass is 881 g/mol. The van der Waals surface area contributed by atoms with E-state index in [1.54, 1.807) is 27.9 Å². The number of hydrogen-bond acceptors (Lipinski definition) is 2. The molecule has 0 spiro atoms. The minimum absolute atomic E-state index is 0.230. The zero-order chi connectivity index (χ0) is 46.6. The summed E-state index contributed by atoms with van der Waals surface area (Å²) in [6.45, 7) is 34.2. The first-order valence-corrected chi connectivity index (χ1v) is 27.2. The van der Waals surface area contributed by atoms with Crippen molar-refractivity contribution in [2.45, 2.75) is 166 Å². The van der Waals surface area contributed by atoms with Crippen LogP contribution in [0.2, 0.25) is 0 Å². The average molecular weight is 881 g/mol. The van der Waals surface area contributed by atoms with Crippen LogP contribution in [0.3, 0.4) is 0 Å². The summed E-state index contributed by atoms with van der Waals surface area (Å²) in [7, 11) is -2.64. The van der Waals surface area contributed by atoms with Gasteiger partial charge in [-0.2, -0.15) is 0 Å². The van der Waals surface area contributed by atoms with Crippen molar-refractivity contribution < 1.29 is 9.36 Å². The van der Waals surface area contributed by atoms with Gasteiger partial charge in [-0.1, -0.05) is 191 Å². The van der Waals surface area contributed by atoms with Crippen LogP contribution in [0.25, 0.3) is 0 Å². The van der Waals surface area contributed by atoms with E-state index in [1.807, 2.05) is 60.7 Å². The van der Waals surface area contributed by atoms with Crippen LogP contribution in [-0.4, -0.2) is 11.9 Å². The van der Waals surface area contributed by atoms with Crippen molar-refractivity contribution in [3.8, 4) is 0 Å². The molecule has 0 saturated heterocycles. The van der Waals surface area contributed by atoms with E-state index in [1.165, 1.54) is 73.7 Å². The summed E-state index contributed by atoms with van der Waals surface area (Å²) in [4.78, 5) is 11.8. The number of rotatable bonds is 5. The van der Waals surface area contributed by atoms with Gasteiger partial charge in [0.1, 0.15) is 12.9 Å². The minimum atomic E-state index is -2.64. The molecule has 0 radical (unpaired) electrons. The Kier molecular flexibility index (Phi) is 16.1. The molecule has 64 heavy (non-hydrogen) atoms. The predicted octanol–water partition coefficient (Wildman–Crippen LogP) is 16.8. The number of allylic oxidation sites excluding steroid dienone is 12. The topological polar surface area (TPSA) is 34.1 Å². The van der Waals surface area contributed by atoms with Crippen LogP contribution >= 0.6 is 7.14 Å². The van der Waals surface area contributed by atoms with Gasteiger partial charge in [0.2, 0.25) is 0 Å². The van der Waals surface area contributed by atoms with Gasteiger partial charge >= 0.3 is 0 Å². The highest BCUT2D eigenvalue weighted by Crippen LogP contribution is 2.65. The molecule has 0 amide bonds. The Morgan fingerprint density at radius 3 is 1.64 bits per heavy atom. The Morgan fingerprint density at radius 1 is 0.625 bits per heavy atom. The van der Waals surface area contributed by atoms with Gasteiger partial charge in [-0.25, -0.2) is 0 Å². The number of carbonyl (C=O) groups is 1. The maximum absolute atomic E-state index is 14.0. The van der Waals surface area contributed by atoms with Crippen molar-refractivity contribution in [2.24, 2.45) is 45.8 Å². The first-order valence-electron chi connectivity index (χ1n) is 25.3. The van der Waals surface area contributed by atoms with Gasteiger partial charge in [0.25, 0.3) is 0 Å². The Bertz CT molecular complexity index is 2160. The quantitative estimate of drug-likeness (QED) is 0.221. The number of ketones is 1. The first kappa shape index (κ1) is 49.9. The molecule has 0 heterocycles.